The van der Waals surface area contributed by atoms with E-state index in [1.807, 2.05) is 13.8 Å². The molecule has 4 nitrogen and oxygen atoms in total. The van der Waals surface area contributed by atoms with Crippen LogP contribution in [0.2, 0.25) is 0 Å². The van der Waals surface area contributed by atoms with Gasteiger partial charge in [0.1, 0.15) is 0 Å². The Morgan fingerprint density at radius 1 is 1.42 bits per heavy atom. The van der Waals surface area contributed by atoms with Crippen molar-refractivity contribution in [3.8, 4) is 0 Å². The third-order valence-corrected chi connectivity index (χ3v) is 1.59. The first-order valence-electron chi connectivity index (χ1n) is 4.25. The third kappa shape index (κ3) is 3.00. The molecule has 1 atom stereocenters. The van der Waals surface area contributed by atoms with Gasteiger partial charge in [-0.05, 0) is 13.5 Å². The normalized spacial score (nSPS) is 22.4. The van der Waals surface area contributed by atoms with E-state index in [0.717, 1.165) is 0 Å². The Morgan fingerprint density at radius 2 is 2.00 bits per heavy atom. The van der Waals surface area contributed by atoms with Gasteiger partial charge in [-0.1, -0.05) is 13.8 Å². The lowest BCUT2D eigenvalue weighted by atomic mass is 10.1. The molecule has 2 amide bonds. The standard InChI is InChI=1S/C6H10N2O2.C2H6/c1-7-4-2-3-5(9)8-6(4)10;1-2/h4,7H,2-3H2,1H3,(H,8,9,10);1-2H3. The fraction of sp³-hybridized carbons (Fsp3) is 0.750. The van der Waals surface area contributed by atoms with Crippen LogP contribution in [0, 0.1) is 0 Å². The molecule has 1 heterocycles. The van der Waals surface area contributed by atoms with E-state index in [0.29, 0.717) is 12.8 Å². The molecule has 1 aliphatic heterocycles. The van der Waals surface area contributed by atoms with Gasteiger partial charge in [-0.3, -0.25) is 14.9 Å². The molecule has 12 heavy (non-hydrogen) atoms. The Labute approximate surface area is 72.7 Å². The van der Waals surface area contributed by atoms with Crippen molar-refractivity contribution in [2.75, 3.05) is 7.05 Å². The highest BCUT2D eigenvalue weighted by Crippen LogP contribution is 2.02. The molecular weight excluding hydrogens is 156 g/mol. The smallest absolute Gasteiger partial charge is 0.243 e. The average molecular weight is 172 g/mol. The Hall–Kier alpha value is -0.900. The van der Waals surface area contributed by atoms with E-state index in [2.05, 4.69) is 10.6 Å². The third-order valence-electron chi connectivity index (χ3n) is 1.59. The molecule has 0 saturated carbocycles. The Balaban J connectivity index is 0.000000561. The second kappa shape index (κ2) is 5.71. The number of rotatable bonds is 1. The van der Waals surface area contributed by atoms with Gasteiger partial charge < -0.3 is 5.32 Å². The Bertz CT molecular complexity index is 168. The first kappa shape index (κ1) is 11.1. The highest BCUT2D eigenvalue weighted by Gasteiger charge is 2.24. The molecule has 0 radical (unpaired) electrons. The molecule has 4 heteroatoms. The highest BCUT2D eigenvalue weighted by atomic mass is 16.2. The number of imide groups is 1. The van der Waals surface area contributed by atoms with Crippen LogP contribution in [0.4, 0.5) is 0 Å². The van der Waals surface area contributed by atoms with Gasteiger partial charge in [0.05, 0.1) is 6.04 Å². The first-order valence-corrected chi connectivity index (χ1v) is 4.25. The maximum atomic E-state index is 10.8. The molecule has 1 saturated heterocycles. The zero-order valence-electron chi connectivity index (χ0n) is 7.81. The van der Waals surface area contributed by atoms with E-state index in [4.69, 9.17) is 0 Å². The Morgan fingerprint density at radius 3 is 2.42 bits per heavy atom. The molecule has 0 aromatic carbocycles. The monoisotopic (exact) mass is 172 g/mol. The molecule has 1 rings (SSSR count). The number of hydrogen-bond acceptors (Lipinski definition) is 3. The van der Waals surface area contributed by atoms with Gasteiger partial charge in [0.2, 0.25) is 11.8 Å². The number of likely N-dealkylation sites (N-methyl/N-ethyl adjacent to an activating group) is 1. The Kier molecular flexibility index (Phi) is 5.28. The quantitative estimate of drug-likeness (QED) is 0.549. The van der Waals surface area contributed by atoms with Gasteiger partial charge in [-0.15, -0.1) is 0 Å². The molecule has 1 fully saturated rings. The zero-order chi connectivity index (χ0) is 9.56. The lowest BCUT2D eigenvalue weighted by Gasteiger charge is -2.19. The minimum Gasteiger partial charge on any atom is -0.309 e. The van der Waals surface area contributed by atoms with E-state index < -0.39 is 0 Å². The number of amides is 2. The van der Waals surface area contributed by atoms with Crippen molar-refractivity contribution in [1.29, 1.82) is 0 Å². The van der Waals surface area contributed by atoms with Crippen LogP contribution in [0.1, 0.15) is 26.7 Å². The minimum atomic E-state index is -0.209. The van der Waals surface area contributed by atoms with Gasteiger partial charge in [0.15, 0.2) is 0 Å². The number of carbonyl (C=O) groups is 2. The van der Waals surface area contributed by atoms with Crippen molar-refractivity contribution in [2.24, 2.45) is 0 Å². The summed E-state index contributed by atoms with van der Waals surface area (Å²) in [5.41, 5.74) is 0. The maximum Gasteiger partial charge on any atom is 0.243 e. The molecule has 0 spiro atoms. The lowest BCUT2D eigenvalue weighted by molar-refractivity contribution is -0.134. The maximum absolute atomic E-state index is 10.8. The fourth-order valence-electron chi connectivity index (χ4n) is 0.969. The summed E-state index contributed by atoms with van der Waals surface area (Å²) in [6.07, 6.45) is 1.05. The van der Waals surface area contributed by atoms with E-state index in [1.165, 1.54) is 0 Å². The predicted octanol–water partition coefficient (Wildman–Crippen LogP) is 0.0372. The van der Waals surface area contributed by atoms with Crippen LogP contribution < -0.4 is 10.6 Å². The molecule has 1 aliphatic rings. The summed E-state index contributed by atoms with van der Waals surface area (Å²) >= 11 is 0. The summed E-state index contributed by atoms with van der Waals surface area (Å²) < 4.78 is 0. The predicted molar refractivity (Wildman–Crippen MR) is 46.6 cm³/mol. The van der Waals surface area contributed by atoms with Crippen LogP contribution in [-0.4, -0.2) is 24.9 Å². The van der Waals surface area contributed by atoms with Crippen LogP contribution in [0.5, 0.6) is 0 Å². The topological polar surface area (TPSA) is 58.2 Å². The van der Waals surface area contributed by atoms with Gasteiger partial charge in [-0.25, -0.2) is 0 Å². The van der Waals surface area contributed by atoms with Crippen molar-refractivity contribution in [1.82, 2.24) is 10.6 Å². The number of hydrogen-bond donors (Lipinski definition) is 2. The summed E-state index contributed by atoms with van der Waals surface area (Å²) in [7, 11) is 1.71. The SMILES string of the molecule is CC.CNC1CCC(=O)NC1=O. The summed E-state index contributed by atoms with van der Waals surface area (Å²) in [6, 6.07) is -0.183. The largest absolute Gasteiger partial charge is 0.309 e. The number of piperidine rings is 1. The highest BCUT2D eigenvalue weighted by molar-refractivity contribution is 6.00. The first-order chi connectivity index (χ1) is 5.74. The van der Waals surface area contributed by atoms with E-state index in [1.54, 1.807) is 7.05 Å². The van der Waals surface area contributed by atoms with E-state index >= 15 is 0 Å². The lowest BCUT2D eigenvalue weighted by Crippen LogP contribution is -2.49. The van der Waals surface area contributed by atoms with Crippen molar-refractivity contribution in [2.45, 2.75) is 32.7 Å². The fourth-order valence-corrected chi connectivity index (χ4v) is 0.969. The summed E-state index contributed by atoms with van der Waals surface area (Å²) in [5.74, 6) is -0.379. The second-order valence-corrected chi connectivity index (χ2v) is 2.29. The van der Waals surface area contributed by atoms with Crippen LogP contribution in [-0.2, 0) is 9.59 Å². The van der Waals surface area contributed by atoms with Crippen molar-refractivity contribution in [3.63, 3.8) is 0 Å². The van der Waals surface area contributed by atoms with Crippen LogP contribution in [0.3, 0.4) is 0 Å². The van der Waals surface area contributed by atoms with E-state index in [9.17, 15) is 9.59 Å². The second-order valence-electron chi connectivity index (χ2n) is 2.29. The number of nitrogens with one attached hydrogen (secondary N) is 2. The van der Waals surface area contributed by atoms with Gasteiger partial charge in [-0.2, -0.15) is 0 Å². The van der Waals surface area contributed by atoms with E-state index in [-0.39, 0.29) is 17.9 Å². The molecule has 2 N–H and O–H groups in total. The van der Waals surface area contributed by atoms with Crippen LogP contribution in [0.25, 0.3) is 0 Å². The average Bonchev–Trinajstić information content (AvgIpc) is 2.08. The van der Waals surface area contributed by atoms with Gasteiger partial charge >= 0.3 is 0 Å². The molecule has 0 aromatic heterocycles. The van der Waals surface area contributed by atoms with Crippen molar-refractivity contribution >= 4 is 11.8 Å². The molecule has 0 aliphatic carbocycles. The van der Waals surface area contributed by atoms with Crippen LogP contribution in [0.15, 0.2) is 0 Å². The van der Waals surface area contributed by atoms with Gasteiger partial charge in [0, 0.05) is 6.42 Å². The van der Waals surface area contributed by atoms with Crippen molar-refractivity contribution in [3.05, 3.63) is 0 Å². The summed E-state index contributed by atoms with van der Waals surface area (Å²) in [4.78, 5) is 21.4. The molecular formula is C8H16N2O2. The molecule has 1 unspecified atom stereocenters. The summed E-state index contributed by atoms with van der Waals surface area (Å²) in [6.45, 7) is 4.00. The van der Waals surface area contributed by atoms with Gasteiger partial charge in [0.25, 0.3) is 0 Å². The zero-order valence-corrected chi connectivity index (χ0v) is 7.81. The van der Waals surface area contributed by atoms with Crippen LogP contribution >= 0.6 is 0 Å². The molecule has 0 bridgehead atoms. The summed E-state index contributed by atoms with van der Waals surface area (Å²) in [5, 5.41) is 5.05. The number of carbonyl (C=O) groups excluding carboxylic acids is 2. The molecule has 70 valence electrons. The molecule has 0 aromatic rings. The minimum absolute atomic E-state index is 0.170. The van der Waals surface area contributed by atoms with Crippen molar-refractivity contribution < 1.29 is 9.59 Å².